The summed E-state index contributed by atoms with van der Waals surface area (Å²) < 4.78 is 5.89. The van der Waals surface area contributed by atoms with Gasteiger partial charge in [0.15, 0.2) is 0 Å². The van der Waals surface area contributed by atoms with E-state index >= 15 is 0 Å². The second-order valence-electron chi connectivity index (χ2n) is 6.66. The Morgan fingerprint density at radius 3 is 2.61 bits per heavy atom. The Morgan fingerprint density at radius 1 is 1.18 bits per heavy atom. The number of carbonyl (C=O) groups excluding carboxylic acids is 2. The van der Waals surface area contributed by atoms with Gasteiger partial charge < -0.3 is 15.0 Å². The van der Waals surface area contributed by atoms with E-state index in [0.29, 0.717) is 27.9 Å². The van der Waals surface area contributed by atoms with Gasteiger partial charge in [0.25, 0.3) is 5.91 Å². The molecule has 1 aliphatic heterocycles. The molecule has 1 N–H and O–H groups in total. The first-order valence-corrected chi connectivity index (χ1v) is 9.96. The van der Waals surface area contributed by atoms with Crippen molar-refractivity contribution < 1.29 is 14.3 Å². The van der Waals surface area contributed by atoms with Gasteiger partial charge >= 0.3 is 0 Å². The van der Waals surface area contributed by atoms with E-state index in [2.05, 4.69) is 12.2 Å². The molecule has 2 aromatic rings. The summed E-state index contributed by atoms with van der Waals surface area (Å²) in [5.41, 5.74) is 1.91. The summed E-state index contributed by atoms with van der Waals surface area (Å²) in [5, 5.41) is 3.48. The van der Waals surface area contributed by atoms with Crippen molar-refractivity contribution in [1.82, 2.24) is 5.32 Å². The molecular weight excluding hydrogens is 399 g/mol. The molecule has 0 saturated carbocycles. The summed E-state index contributed by atoms with van der Waals surface area (Å²) in [6.45, 7) is 4.34. The van der Waals surface area contributed by atoms with E-state index in [1.54, 1.807) is 17.0 Å². The highest BCUT2D eigenvalue weighted by Crippen LogP contribution is 2.45. The number of para-hydroxylation sites is 1. The van der Waals surface area contributed by atoms with Crippen LogP contribution in [0, 0.1) is 0 Å². The molecule has 5 nitrogen and oxygen atoms in total. The molecule has 1 heterocycles. The molecule has 0 aromatic heterocycles. The van der Waals surface area contributed by atoms with Crippen LogP contribution in [0.5, 0.6) is 5.75 Å². The highest BCUT2D eigenvalue weighted by Gasteiger charge is 2.41. The molecule has 0 bridgehead atoms. The van der Waals surface area contributed by atoms with E-state index in [-0.39, 0.29) is 18.4 Å². The number of benzene rings is 2. The smallest absolute Gasteiger partial charge is 0.254 e. The largest absolute Gasteiger partial charge is 0.493 e. The van der Waals surface area contributed by atoms with Gasteiger partial charge in [-0.2, -0.15) is 0 Å². The fourth-order valence-electron chi connectivity index (χ4n) is 3.26. The summed E-state index contributed by atoms with van der Waals surface area (Å²) in [4.78, 5) is 26.3. The average molecular weight is 421 g/mol. The zero-order chi connectivity index (χ0) is 20.3. The lowest BCUT2D eigenvalue weighted by atomic mass is 10.1. The first-order valence-electron chi connectivity index (χ1n) is 9.21. The molecule has 1 atom stereocenters. The first kappa shape index (κ1) is 20.5. The molecule has 2 aromatic carbocycles. The zero-order valence-corrected chi connectivity index (χ0v) is 17.3. The Hall–Kier alpha value is -2.24. The predicted molar refractivity (Wildman–Crippen MR) is 111 cm³/mol. The van der Waals surface area contributed by atoms with E-state index in [0.717, 1.165) is 24.2 Å². The number of anilines is 1. The van der Waals surface area contributed by atoms with Crippen LogP contribution in [0.15, 0.2) is 36.4 Å². The van der Waals surface area contributed by atoms with Gasteiger partial charge in [-0.1, -0.05) is 54.7 Å². The van der Waals surface area contributed by atoms with Gasteiger partial charge in [0.2, 0.25) is 5.91 Å². The zero-order valence-electron chi connectivity index (χ0n) is 15.8. The quantitative estimate of drug-likeness (QED) is 0.648. The number of nitrogens with one attached hydrogen (secondary N) is 1. The summed E-state index contributed by atoms with van der Waals surface area (Å²) in [6.07, 6.45) is 1.98. The lowest BCUT2D eigenvalue weighted by Crippen LogP contribution is -2.36. The molecule has 0 spiro atoms. The van der Waals surface area contributed by atoms with Gasteiger partial charge in [-0.3, -0.25) is 9.59 Å². The Labute approximate surface area is 174 Å². The maximum atomic E-state index is 13.1. The first-order chi connectivity index (χ1) is 13.4. The number of rotatable bonds is 7. The highest BCUT2D eigenvalue weighted by molar-refractivity contribution is 6.38. The van der Waals surface area contributed by atoms with Crippen LogP contribution in [0.25, 0.3) is 0 Å². The molecule has 0 radical (unpaired) electrons. The van der Waals surface area contributed by atoms with Crippen LogP contribution in [0.3, 0.4) is 0 Å². The number of hydrogen-bond donors (Lipinski definition) is 1. The van der Waals surface area contributed by atoms with E-state index in [1.807, 2.05) is 24.3 Å². The number of ether oxygens (including phenoxy) is 1. The van der Waals surface area contributed by atoms with Crippen molar-refractivity contribution in [3.8, 4) is 5.75 Å². The summed E-state index contributed by atoms with van der Waals surface area (Å²) in [7, 11) is 0. The van der Waals surface area contributed by atoms with Crippen LogP contribution in [0.1, 0.15) is 43.9 Å². The molecule has 3 rings (SSSR count). The SMILES string of the molecule is CCCCOc1ccccc1CN1C(=O)[C@H](NC(C)=O)c2c(Cl)ccc(Cl)c21. The average Bonchev–Trinajstić information content (AvgIpc) is 2.93. The van der Waals surface area contributed by atoms with E-state index in [1.165, 1.54) is 6.92 Å². The van der Waals surface area contributed by atoms with Crippen molar-refractivity contribution in [2.45, 2.75) is 39.3 Å². The minimum absolute atomic E-state index is 0.268. The van der Waals surface area contributed by atoms with Crippen molar-refractivity contribution in [3.05, 3.63) is 57.6 Å². The van der Waals surface area contributed by atoms with Gasteiger partial charge in [-0.15, -0.1) is 0 Å². The van der Waals surface area contributed by atoms with Crippen molar-refractivity contribution in [2.75, 3.05) is 11.5 Å². The van der Waals surface area contributed by atoms with Crippen LogP contribution >= 0.6 is 23.2 Å². The van der Waals surface area contributed by atoms with Crippen LogP contribution in [0.4, 0.5) is 5.69 Å². The minimum atomic E-state index is -0.855. The summed E-state index contributed by atoms with van der Waals surface area (Å²) >= 11 is 12.8. The number of carbonyl (C=O) groups is 2. The topological polar surface area (TPSA) is 58.6 Å². The van der Waals surface area contributed by atoms with Gasteiger partial charge in [-0.25, -0.2) is 0 Å². The Kier molecular flexibility index (Phi) is 6.47. The molecule has 148 valence electrons. The third-order valence-corrected chi connectivity index (χ3v) is 5.22. The number of halogens is 2. The number of unbranched alkanes of at least 4 members (excludes halogenated alkanes) is 1. The molecule has 0 saturated heterocycles. The predicted octanol–water partition coefficient (Wildman–Crippen LogP) is 4.90. The highest BCUT2D eigenvalue weighted by atomic mass is 35.5. The van der Waals surface area contributed by atoms with Crippen molar-refractivity contribution >= 4 is 40.7 Å². The third kappa shape index (κ3) is 4.10. The van der Waals surface area contributed by atoms with Gasteiger partial charge in [0.05, 0.1) is 23.9 Å². The number of amides is 2. The minimum Gasteiger partial charge on any atom is -0.493 e. The lowest BCUT2D eigenvalue weighted by Gasteiger charge is -2.21. The molecule has 28 heavy (non-hydrogen) atoms. The standard InChI is InChI=1S/C21H22Cl2N2O3/c1-3-4-11-28-17-8-6-5-7-14(17)12-25-20-16(23)10-9-15(22)18(20)19(21(25)27)24-13(2)26/h5-10,19H,3-4,11-12H2,1-2H3,(H,24,26)/t19-/m1/s1. The summed E-state index contributed by atoms with van der Waals surface area (Å²) in [5.74, 6) is 0.139. The normalized spacial score (nSPS) is 15.5. The van der Waals surface area contributed by atoms with Crippen LogP contribution in [-0.4, -0.2) is 18.4 Å². The molecule has 0 unspecified atom stereocenters. The van der Waals surface area contributed by atoms with Gasteiger partial charge in [0, 0.05) is 23.1 Å². The third-order valence-electron chi connectivity index (χ3n) is 4.59. The van der Waals surface area contributed by atoms with E-state index < -0.39 is 6.04 Å². The molecule has 2 amide bonds. The summed E-state index contributed by atoms with van der Waals surface area (Å²) in [6, 6.07) is 10.0. The number of hydrogen-bond acceptors (Lipinski definition) is 3. The molecule has 7 heteroatoms. The second kappa shape index (κ2) is 8.84. The van der Waals surface area contributed by atoms with Gasteiger partial charge in [0.1, 0.15) is 11.8 Å². The van der Waals surface area contributed by atoms with Crippen LogP contribution in [0.2, 0.25) is 10.0 Å². The Morgan fingerprint density at radius 2 is 1.89 bits per heavy atom. The maximum absolute atomic E-state index is 13.1. The Balaban J connectivity index is 1.97. The Bertz CT molecular complexity index is 901. The fourth-order valence-corrected chi connectivity index (χ4v) is 3.79. The molecule has 0 aliphatic carbocycles. The van der Waals surface area contributed by atoms with Gasteiger partial charge in [-0.05, 0) is 24.6 Å². The van der Waals surface area contributed by atoms with Crippen molar-refractivity contribution in [3.63, 3.8) is 0 Å². The fraction of sp³-hybridized carbons (Fsp3) is 0.333. The van der Waals surface area contributed by atoms with E-state index in [9.17, 15) is 9.59 Å². The molecule has 0 fully saturated rings. The number of nitrogens with zero attached hydrogens (tertiary/aromatic N) is 1. The monoisotopic (exact) mass is 420 g/mol. The van der Waals surface area contributed by atoms with Crippen molar-refractivity contribution in [1.29, 1.82) is 0 Å². The van der Waals surface area contributed by atoms with Crippen LogP contribution < -0.4 is 15.0 Å². The second-order valence-corrected chi connectivity index (χ2v) is 7.47. The van der Waals surface area contributed by atoms with E-state index in [4.69, 9.17) is 27.9 Å². The van der Waals surface area contributed by atoms with Crippen molar-refractivity contribution in [2.24, 2.45) is 0 Å². The maximum Gasteiger partial charge on any atom is 0.254 e. The lowest BCUT2D eigenvalue weighted by molar-refractivity contribution is -0.126. The molecular formula is C21H22Cl2N2O3. The molecule has 1 aliphatic rings. The number of fused-ring (bicyclic) bond motifs is 1. The van der Waals surface area contributed by atoms with Crippen LogP contribution in [-0.2, 0) is 16.1 Å².